The third-order valence-electron chi connectivity index (χ3n) is 4.38. The van der Waals surface area contributed by atoms with Gasteiger partial charge in [-0.2, -0.15) is 0 Å². The van der Waals surface area contributed by atoms with Gasteiger partial charge in [-0.15, -0.1) is 0 Å². The fourth-order valence-corrected chi connectivity index (χ4v) is 3.16. The number of aryl methyl sites for hydroxylation is 2. The monoisotopic (exact) mass is 275 g/mol. The van der Waals surface area contributed by atoms with Gasteiger partial charge in [0.15, 0.2) is 0 Å². The van der Waals surface area contributed by atoms with Crippen LogP contribution in [0.4, 0.5) is 0 Å². The van der Waals surface area contributed by atoms with Gasteiger partial charge in [0.2, 0.25) is 5.91 Å². The van der Waals surface area contributed by atoms with Crippen molar-refractivity contribution in [2.45, 2.75) is 44.3 Å². The van der Waals surface area contributed by atoms with E-state index in [1.165, 1.54) is 24.0 Å². The van der Waals surface area contributed by atoms with Gasteiger partial charge in [-0.3, -0.25) is 4.79 Å². The Balaban J connectivity index is 1.67. The van der Waals surface area contributed by atoms with E-state index in [4.69, 9.17) is 0 Å². The Kier molecular flexibility index (Phi) is 3.76. The molecular formula is C16H21NO3. The summed E-state index contributed by atoms with van der Waals surface area (Å²) in [4.78, 5) is 13.7. The third kappa shape index (κ3) is 2.72. The third-order valence-corrected chi connectivity index (χ3v) is 4.38. The summed E-state index contributed by atoms with van der Waals surface area (Å²) in [7, 11) is 0. The molecule has 0 saturated carbocycles. The number of likely N-dealkylation sites (tertiary alicyclic amines) is 1. The van der Waals surface area contributed by atoms with Gasteiger partial charge < -0.3 is 15.1 Å². The maximum absolute atomic E-state index is 12.2. The first kappa shape index (κ1) is 13.6. The molecule has 0 aromatic heterocycles. The van der Waals surface area contributed by atoms with Crippen LogP contribution in [0, 0.1) is 0 Å². The van der Waals surface area contributed by atoms with Gasteiger partial charge in [-0.25, -0.2) is 0 Å². The molecule has 1 aromatic carbocycles. The van der Waals surface area contributed by atoms with E-state index in [1.54, 1.807) is 4.90 Å². The summed E-state index contributed by atoms with van der Waals surface area (Å²) >= 11 is 0. The highest BCUT2D eigenvalue weighted by Gasteiger charge is 2.32. The molecular weight excluding hydrogens is 254 g/mol. The second-order valence-corrected chi connectivity index (χ2v) is 5.92. The zero-order chi connectivity index (χ0) is 14.1. The molecule has 2 aliphatic rings. The minimum Gasteiger partial charge on any atom is -0.388 e. The van der Waals surface area contributed by atoms with Gasteiger partial charge in [-0.1, -0.05) is 18.2 Å². The molecule has 1 fully saturated rings. The highest BCUT2D eigenvalue weighted by Crippen LogP contribution is 2.23. The fraction of sp³-hybridized carbons (Fsp3) is 0.562. The van der Waals surface area contributed by atoms with Crippen molar-refractivity contribution in [1.82, 2.24) is 4.90 Å². The molecule has 1 heterocycles. The molecule has 108 valence electrons. The zero-order valence-electron chi connectivity index (χ0n) is 11.6. The zero-order valence-corrected chi connectivity index (χ0v) is 11.6. The largest absolute Gasteiger partial charge is 0.388 e. The number of amides is 1. The lowest BCUT2D eigenvalue weighted by molar-refractivity contribution is -0.129. The lowest BCUT2D eigenvalue weighted by Crippen LogP contribution is -2.31. The number of rotatable bonds is 2. The molecule has 1 aliphatic heterocycles. The fourth-order valence-electron chi connectivity index (χ4n) is 3.16. The van der Waals surface area contributed by atoms with Crippen LogP contribution in [0.1, 0.15) is 29.5 Å². The second kappa shape index (κ2) is 5.54. The van der Waals surface area contributed by atoms with Crippen molar-refractivity contribution in [3.8, 4) is 0 Å². The number of nitrogens with zero attached hydrogens (tertiary/aromatic N) is 1. The van der Waals surface area contributed by atoms with E-state index >= 15 is 0 Å². The van der Waals surface area contributed by atoms with Crippen molar-refractivity contribution in [2.75, 3.05) is 13.1 Å². The Morgan fingerprint density at radius 2 is 1.75 bits per heavy atom. The maximum Gasteiger partial charge on any atom is 0.227 e. The summed E-state index contributed by atoms with van der Waals surface area (Å²) in [5.74, 6) is -0.0173. The van der Waals surface area contributed by atoms with E-state index in [0.717, 1.165) is 18.4 Å². The van der Waals surface area contributed by atoms with Crippen molar-refractivity contribution < 1.29 is 15.0 Å². The van der Waals surface area contributed by atoms with E-state index in [1.807, 2.05) is 6.07 Å². The quantitative estimate of drug-likeness (QED) is 0.834. The van der Waals surface area contributed by atoms with Crippen LogP contribution in [-0.2, 0) is 24.1 Å². The van der Waals surface area contributed by atoms with E-state index in [2.05, 4.69) is 12.1 Å². The highest BCUT2D eigenvalue weighted by atomic mass is 16.3. The summed E-state index contributed by atoms with van der Waals surface area (Å²) in [6, 6.07) is 6.32. The Bertz CT molecular complexity index is 504. The number of carbonyl (C=O) groups is 1. The average Bonchev–Trinajstić information content (AvgIpc) is 2.79. The average molecular weight is 275 g/mol. The predicted octanol–water partition coefficient (Wildman–Crippen LogP) is 0.672. The smallest absolute Gasteiger partial charge is 0.227 e. The van der Waals surface area contributed by atoms with Gasteiger partial charge in [0.25, 0.3) is 0 Å². The van der Waals surface area contributed by atoms with Crippen LogP contribution in [0.25, 0.3) is 0 Å². The van der Waals surface area contributed by atoms with Crippen molar-refractivity contribution in [1.29, 1.82) is 0 Å². The SMILES string of the molecule is O=C(Cc1ccc2c(c1)CCCC2)N1CC(O)C(O)C1. The number of β-amino-alcohol motifs (C(OH)–C–C–N with tert-alkyl or cyclic N) is 2. The molecule has 2 atom stereocenters. The molecule has 0 spiro atoms. The Hall–Kier alpha value is -1.39. The number of aliphatic hydroxyl groups excluding tert-OH is 2. The van der Waals surface area contributed by atoms with Crippen LogP contribution in [0.3, 0.4) is 0 Å². The molecule has 20 heavy (non-hydrogen) atoms. The van der Waals surface area contributed by atoms with Crippen molar-refractivity contribution in [3.63, 3.8) is 0 Å². The minimum atomic E-state index is -0.803. The molecule has 1 aromatic rings. The van der Waals surface area contributed by atoms with E-state index in [9.17, 15) is 15.0 Å². The van der Waals surface area contributed by atoms with E-state index in [0.29, 0.717) is 6.42 Å². The van der Waals surface area contributed by atoms with Crippen molar-refractivity contribution >= 4 is 5.91 Å². The number of fused-ring (bicyclic) bond motifs is 1. The summed E-state index contributed by atoms with van der Waals surface area (Å²) in [6.07, 6.45) is 3.49. The van der Waals surface area contributed by atoms with Crippen molar-refractivity contribution in [2.24, 2.45) is 0 Å². The van der Waals surface area contributed by atoms with Gasteiger partial charge in [-0.05, 0) is 42.4 Å². The van der Waals surface area contributed by atoms with Crippen LogP contribution >= 0.6 is 0 Å². The molecule has 3 rings (SSSR count). The Labute approximate surface area is 119 Å². The van der Waals surface area contributed by atoms with Gasteiger partial charge >= 0.3 is 0 Å². The first-order valence-electron chi connectivity index (χ1n) is 7.38. The van der Waals surface area contributed by atoms with Crippen LogP contribution in [0.2, 0.25) is 0 Å². The van der Waals surface area contributed by atoms with Gasteiger partial charge in [0, 0.05) is 13.1 Å². The van der Waals surface area contributed by atoms with Crippen molar-refractivity contribution in [3.05, 3.63) is 34.9 Å². The number of hydrogen-bond acceptors (Lipinski definition) is 3. The number of hydrogen-bond donors (Lipinski definition) is 2. The first-order chi connectivity index (χ1) is 9.63. The molecule has 1 aliphatic carbocycles. The first-order valence-corrected chi connectivity index (χ1v) is 7.38. The normalized spacial score (nSPS) is 25.6. The van der Waals surface area contributed by atoms with E-state index in [-0.39, 0.29) is 19.0 Å². The van der Waals surface area contributed by atoms with Gasteiger partial charge in [0.1, 0.15) is 0 Å². The number of aliphatic hydroxyl groups is 2. The highest BCUT2D eigenvalue weighted by molar-refractivity contribution is 5.79. The van der Waals surface area contributed by atoms with Crippen LogP contribution in [0.15, 0.2) is 18.2 Å². The standard InChI is InChI=1S/C16H21NO3/c18-14-9-17(10-15(14)19)16(20)8-11-5-6-12-3-1-2-4-13(12)7-11/h5-7,14-15,18-19H,1-4,8-10H2. The number of carbonyl (C=O) groups excluding carboxylic acids is 1. The van der Waals surface area contributed by atoms with Gasteiger partial charge in [0.05, 0.1) is 18.6 Å². The maximum atomic E-state index is 12.2. The molecule has 0 bridgehead atoms. The summed E-state index contributed by atoms with van der Waals surface area (Å²) in [6.45, 7) is 0.482. The van der Waals surface area contributed by atoms with Crippen LogP contribution in [0.5, 0.6) is 0 Å². The molecule has 0 radical (unpaired) electrons. The molecule has 1 amide bonds. The Morgan fingerprint density at radius 1 is 1.10 bits per heavy atom. The second-order valence-electron chi connectivity index (χ2n) is 5.92. The molecule has 2 N–H and O–H groups in total. The van der Waals surface area contributed by atoms with Crippen LogP contribution in [-0.4, -0.2) is 46.3 Å². The lowest BCUT2D eigenvalue weighted by Gasteiger charge is -2.18. The topological polar surface area (TPSA) is 60.8 Å². The van der Waals surface area contributed by atoms with E-state index < -0.39 is 12.2 Å². The Morgan fingerprint density at radius 3 is 2.45 bits per heavy atom. The summed E-state index contributed by atoms with van der Waals surface area (Å²) in [5.41, 5.74) is 3.83. The summed E-state index contributed by atoms with van der Waals surface area (Å²) in [5, 5.41) is 19.0. The minimum absolute atomic E-state index is 0.0173. The van der Waals surface area contributed by atoms with Crippen LogP contribution < -0.4 is 0 Å². The predicted molar refractivity (Wildman–Crippen MR) is 75.4 cm³/mol. The lowest BCUT2D eigenvalue weighted by atomic mass is 9.90. The number of benzene rings is 1. The molecule has 1 saturated heterocycles. The molecule has 2 unspecified atom stereocenters. The summed E-state index contributed by atoms with van der Waals surface area (Å²) < 4.78 is 0. The molecule has 4 heteroatoms. The molecule has 4 nitrogen and oxygen atoms in total.